The van der Waals surface area contributed by atoms with E-state index in [0.717, 1.165) is 55.5 Å². The van der Waals surface area contributed by atoms with Gasteiger partial charge in [-0.05, 0) is 74.8 Å². The van der Waals surface area contributed by atoms with E-state index in [0.29, 0.717) is 19.4 Å². The van der Waals surface area contributed by atoms with E-state index in [9.17, 15) is 8.78 Å². The van der Waals surface area contributed by atoms with Crippen molar-refractivity contribution in [2.45, 2.75) is 80.8 Å². The van der Waals surface area contributed by atoms with E-state index in [1.165, 1.54) is 12.8 Å². The van der Waals surface area contributed by atoms with Crippen LogP contribution in [0.25, 0.3) is 0 Å². The number of halogens is 2. The topological polar surface area (TPSA) is 34.2 Å². The Bertz CT molecular complexity index is 872. The Kier molecular flexibility index (Phi) is 5.59. The molecule has 3 nitrogen and oxygen atoms in total. The van der Waals surface area contributed by atoms with Crippen molar-refractivity contribution in [1.82, 2.24) is 10.3 Å². The minimum absolute atomic E-state index is 0.0558. The summed E-state index contributed by atoms with van der Waals surface area (Å²) >= 11 is 0. The van der Waals surface area contributed by atoms with Crippen molar-refractivity contribution in [2.24, 2.45) is 0 Å². The smallest absolute Gasteiger partial charge is 0.257 e. The summed E-state index contributed by atoms with van der Waals surface area (Å²) in [6.07, 6.45) is 7.52. The molecule has 1 aromatic carbocycles. The van der Waals surface area contributed by atoms with E-state index in [-0.39, 0.29) is 11.0 Å². The van der Waals surface area contributed by atoms with Gasteiger partial charge in [-0.3, -0.25) is 4.98 Å². The molecule has 0 bridgehead atoms. The lowest BCUT2D eigenvalue weighted by molar-refractivity contribution is -0.104. The summed E-state index contributed by atoms with van der Waals surface area (Å²) in [6, 6.07) is 14.0. The lowest BCUT2D eigenvalue weighted by atomic mass is 9.68. The number of alkyl halides is 2. The van der Waals surface area contributed by atoms with Gasteiger partial charge in [-0.15, -0.1) is 0 Å². The summed E-state index contributed by atoms with van der Waals surface area (Å²) in [5, 5.41) is 3.34. The number of hydrogen-bond acceptors (Lipinski definition) is 3. The highest BCUT2D eigenvalue weighted by Gasteiger charge is 2.49. The molecule has 1 N–H and O–H groups in total. The second-order valence-corrected chi connectivity index (χ2v) is 9.92. The maximum atomic E-state index is 14.3. The monoisotopic (exact) mass is 426 g/mol. The molecule has 0 unspecified atom stereocenters. The number of rotatable bonds is 6. The summed E-state index contributed by atoms with van der Waals surface area (Å²) in [5.41, 5.74) is 1.85. The van der Waals surface area contributed by atoms with Crippen LogP contribution in [0.1, 0.15) is 61.8 Å². The molecule has 0 amide bonds. The summed E-state index contributed by atoms with van der Waals surface area (Å²) in [7, 11) is 0. The SMILES string of the molecule is FC(F)C1(NCC[C@@]2(c3ccccn3)CCOC3(CCCC3)C2)Cc2ccccc2C1. The van der Waals surface area contributed by atoms with Crippen LogP contribution in [0, 0.1) is 0 Å². The first kappa shape index (κ1) is 21.0. The quantitative estimate of drug-likeness (QED) is 0.687. The molecule has 1 aliphatic heterocycles. The largest absolute Gasteiger partial charge is 0.375 e. The van der Waals surface area contributed by atoms with Gasteiger partial charge in [-0.1, -0.05) is 43.2 Å². The normalized spacial score (nSPS) is 26.4. The second kappa shape index (κ2) is 8.25. The Morgan fingerprint density at radius 3 is 2.32 bits per heavy atom. The summed E-state index contributed by atoms with van der Waals surface area (Å²) < 4.78 is 34.9. The zero-order valence-corrected chi connectivity index (χ0v) is 18.1. The minimum Gasteiger partial charge on any atom is -0.375 e. The zero-order chi connectivity index (χ0) is 21.4. The van der Waals surface area contributed by atoms with E-state index in [2.05, 4.69) is 11.4 Å². The Morgan fingerprint density at radius 2 is 1.68 bits per heavy atom. The third kappa shape index (κ3) is 3.91. The summed E-state index contributed by atoms with van der Waals surface area (Å²) in [4.78, 5) is 4.73. The van der Waals surface area contributed by atoms with Gasteiger partial charge in [0.05, 0.1) is 11.1 Å². The number of fused-ring (bicyclic) bond motifs is 1. The van der Waals surface area contributed by atoms with Crippen molar-refractivity contribution in [3.8, 4) is 0 Å². The van der Waals surface area contributed by atoms with Crippen molar-refractivity contribution in [1.29, 1.82) is 0 Å². The molecule has 1 saturated carbocycles. The number of pyridine rings is 1. The molecule has 3 aliphatic rings. The molecule has 2 fully saturated rings. The van der Waals surface area contributed by atoms with Crippen molar-refractivity contribution in [2.75, 3.05) is 13.2 Å². The third-order valence-electron chi connectivity index (χ3n) is 8.00. The molecule has 1 aromatic heterocycles. The summed E-state index contributed by atoms with van der Waals surface area (Å²) in [6.45, 7) is 1.28. The van der Waals surface area contributed by atoms with Gasteiger partial charge >= 0.3 is 0 Å². The molecule has 1 spiro atoms. The molecule has 31 heavy (non-hydrogen) atoms. The lowest BCUT2D eigenvalue weighted by Crippen LogP contribution is -2.54. The fraction of sp³-hybridized carbons (Fsp3) is 0.577. The average molecular weight is 427 g/mol. The van der Waals surface area contributed by atoms with Gasteiger partial charge in [0.15, 0.2) is 0 Å². The predicted molar refractivity (Wildman–Crippen MR) is 118 cm³/mol. The zero-order valence-electron chi connectivity index (χ0n) is 18.1. The van der Waals surface area contributed by atoms with Gasteiger partial charge in [0, 0.05) is 23.9 Å². The molecule has 2 heterocycles. The van der Waals surface area contributed by atoms with Crippen molar-refractivity contribution in [3.05, 3.63) is 65.5 Å². The van der Waals surface area contributed by atoms with Gasteiger partial charge in [0.1, 0.15) is 0 Å². The molecule has 0 radical (unpaired) electrons. The molecule has 1 atom stereocenters. The van der Waals surface area contributed by atoms with Crippen LogP contribution in [-0.4, -0.2) is 35.7 Å². The number of nitrogens with zero attached hydrogens (tertiary/aromatic N) is 1. The average Bonchev–Trinajstić information content (AvgIpc) is 3.39. The third-order valence-corrected chi connectivity index (χ3v) is 8.00. The fourth-order valence-corrected chi connectivity index (χ4v) is 6.35. The lowest BCUT2D eigenvalue weighted by Gasteiger charge is -2.47. The van der Waals surface area contributed by atoms with Crippen molar-refractivity contribution >= 4 is 0 Å². The molecular weight excluding hydrogens is 394 g/mol. The Labute approximate surface area is 183 Å². The molecular formula is C26H32F2N2O. The van der Waals surface area contributed by atoms with Crippen LogP contribution >= 0.6 is 0 Å². The number of hydrogen-bond donors (Lipinski definition) is 1. The van der Waals surface area contributed by atoms with Gasteiger partial charge in [0.25, 0.3) is 6.43 Å². The fourth-order valence-electron chi connectivity index (χ4n) is 6.35. The number of aromatic nitrogens is 1. The standard InChI is InChI=1S/C26H32F2N2O/c27-23(28)26(17-20-7-1-2-8-21(20)18-26)30-15-12-24(22-9-3-6-14-29-22)13-16-31-25(19-24)10-4-5-11-25/h1-3,6-9,14,23,30H,4-5,10-13,15-19H2/t24-/m1/s1. The highest BCUT2D eigenvalue weighted by atomic mass is 19.3. The predicted octanol–water partition coefficient (Wildman–Crippen LogP) is 5.23. The summed E-state index contributed by atoms with van der Waals surface area (Å²) in [5.74, 6) is 0. The van der Waals surface area contributed by atoms with Gasteiger partial charge in [-0.2, -0.15) is 0 Å². The molecule has 1 saturated heterocycles. The molecule has 2 aliphatic carbocycles. The van der Waals surface area contributed by atoms with Crippen LogP contribution in [0.2, 0.25) is 0 Å². The van der Waals surface area contributed by atoms with Gasteiger partial charge in [0.2, 0.25) is 0 Å². The maximum Gasteiger partial charge on any atom is 0.257 e. The number of nitrogens with one attached hydrogen (secondary N) is 1. The molecule has 5 heteroatoms. The van der Waals surface area contributed by atoms with Crippen molar-refractivity contribution < 1.29 is 13.5 Å². The minimum atomic E-state index is -2.40. The Morgan fingerprint density at radius 1 is 0.968 bits per heavy atom. The van der Waals surface area contributed by atoms with E-state index in [1.54, 1.807) is 0 Å². The van der Waals surface area contributed by atoms with Crippen LogP contribution in [0.15, 0.2) is 48.7 Å². The van der Waals surface area contributed by atoms with Crippen LogP contribution in [0.4, 0.5) is 8.78 Å². The Hall–Kier alpha value is -1.85. The van der Waals surface area contributed by atoms with Crippen LogP contribution < -0.4 is 5.32 Å². The Balaban J connectivity index is 1.36. The molecule has 166 valence electrons. The molecule has 5 rings (SSSR count). The highest BCUT2D eigenvalue weighted by molar-refractivity contribution is 5.37. The van der Waals surface area contributed by atoms with E-state index in [1.807, 2.05) is 42.6 Å². The van der Waals surface area contributed by atoms with E-state index in [4.69, 9.17) is 9.72 Å². The first-order valence-corrected chi connectivity index (χ1v) is 11.7. The highest BCUT2D eigenvalue weighted by Crippen LogP contribution is 2.49. The van der Waals surface area contributed by atoms with Crippen LogP contribution in [0.5, 0.6) is 0 Å². The van der Waals surface area contributed by atoms with Crippen molar-refractivity contribution in [3.63, 3.8) is 0 Å². The van der Waals surface area contributed by atoms with Gasteiger partial charge < -0.3 is 10.1 Å². The first-order valence-electron chi connectivity index (χ1n) is 11.7. The molecule has 2 aromatic rings. The number of benzene rings is 1. The van der Waals surface area contributed by atoms with Gasteiger partial charge in [-0.25, -0.2) is 8.78 Å². The van der Waals surface area contributed by atoms with E-state index >= 15 is 0 Å². The second-order valence-electron chi connectivity index (χ2n) is 9.92. The first-order chi connectivity index (χ1) is 15.1. The maximum absolute atomic E-state index is 14.3. The number of ether oxygens (including phenoxy) is 1. The van der Waals surface area contributed by atoms with Crippen LogP contribution in [-0.2, 0) is 23.0 Å². The van der Waals surface area contributed by atoms with Crippen LogP contribution in [0.3, 0.4) is 0 Å². The van der Waals surface area contributed by atoms with E-state index < -0.39 is 12.0 Å².